The van der Waals surface area contributed by atoms with Crippen LogP contribution in [0.2, 0.25) is 0 Å². The molecular formula is C19H24N6O. The van der Waals surface area contributed by atoms with E-state index in [-0.39, 0.29) is 17.4 Å². The number of rotatable bonds is 5. The van der Waals surface area contributed by atoms with Crippen molar-refractivity contribution in [3.8, 4) is 0 Å². The van der Waals surface area contributed by atoms with E-state index in [0.717, 1.165) is 43.5 Å². The summed E-state index contributed by atoms with van der Waals surface area (Å²) in [7, 11) is 0. The maximum atomic E-state index is 12.4. The van der Waals surface area contributed by atoms with Crippen molar-refractivity contribution in [2.75, 3.05) is 48.7 Å². The fraction of sp³-hybridized carbons (Fsp3) is 0.421. The minimum absolute atomic E-state index is 0.132. The van der Waals surface area contributed by atoms with Gasteiger partial charge in [-0.15, -0.1) is 0 Å². The van der Waals surface area contributed by atoms with Crippen LogP contribution in [-0.2, 0) is 0 Å². The van der Waals surface area contributed by atoms with Gasteiger partial charge in [0.05, 0.1) is 0 Å². The zero-order chi connectivity index (χ0) is 17.9. The van der Waals surface area contributed by atoms with Gasteiger partial charge in [-0.2, -0.15) is 0 Å². The summed E-state index contributed by atoms with van der Waals surface area (Å²) in [5, 5.41) is 2.86. The number of benzene rings is 1. The third-order valence-corrected chi connectivity index (χ3v) is 5.00. The molecule has 3 N–H and O–H groups in total. The van der Waals surface area contributed by atoms with Crippen molar-refractivity contribution in [1.29, 1.82) is 0 Å². The molecule has 26 heavy (non-hydrogen) atoms. The molecule has 7 heteroatoms. The Hall–Kier alpha value is -2.67. The summed E-state index contributed by atoms with van der Waals surface area (Å²) in [6, 6.07) is 7.92. The number of hydrogen-bond acceptors (Lipinski definition) is 6. The summed E-state index contributed by atoms with van der Waals surface area (Å²) in [6.07, 6.45) is 5.73. The summed E-state index contributed by atoms with van der Waals surface area (Å²) in [6.45, 7) is 5.48. The van der Waals surface area contributed by atoms with E-state index < -0.39 is 0 Å². The highest BCUT2D eigenvalue weighted by atomic mass is 16.1. The predicted octanol–water partition coefficient (Wildman–Crippen LogP) is 1.84. The topological polar surface area (TPSA) is 87.4 Å². The lowest BCUT2D eigenvalue weighted by atomic mass is 10.2. The van der Waals surface area contributed by atoms with Crippen LogP contribution in [0.3, 0.4) is 0 Å². The number of carbonyl (C=O) groups excluding carboxylic acids is 1. The number of anilines is 3. The summed E-state index contributed by atoms with van der Waals surface area (Å²) in [5.74, 6) is 0.726. The average molecular weight is 352 g/mol. The maximum absolute atomic E-state index is 12.4. The summed E-state index contributed by atoms with van der Waals surface area (Å²) >= 11 is 0. The minimum atomic E-state index is -0.345. The standard InChI is InChI=1S/C19H24N6O/c20-18-17(21-6-7-22-18)19(26)23-15-2-1-3-16(12-15)25-10-8-24(9-11-25)13-14-4-5-14/h1-3,6-7,12,14H,4-5,8-11,13H2,(H2,20,22)(H,23,26). The van der Waals surface area contributed by atoms with Crippen LogP contribution in [0.4, 0.5) is 17.2 Å². The van der Waals surface area contributed by atoms with Crippen molar-refractivity contribution in [2.45, 2.75) is 12.8 Å². The number of nitrogens with one attached hydrogen (secondary N) is 1. The second kappa shape index (κ2) is 7.29. The Bertz CT molecular complexity index is 783. The van der Waals surface area contributed by atoms with Gasteiger partial charge in [0, 0.05) is 56.5 Å². The third kappa shape index (κ3) is 3.94. The van der Waals surface area contributed by atoms with Crippen molar-refractivity contribution in [1.82, 2.24) is 14.9 Å². The van der Waals surface area contributed by atoms with Gasteiger partial charge in [0.1, 0.15) is 0 Å². The monoisotopic (exact) mass is 352 g/mol. The van der Waals surface area contributed by atoms with E-state index in [2.05, 4.69) is 31.2 Å². The Balaban J connectivity index is 1.39. The highest BCUT2D eigenvalue weighted by Gasteiger charge is 2.26. The molecule has 4 rings (SSSR count). The van der Waals surface area contributed by atoms with Crippen LogP contribution in [0.25, 0.3) is 0 Å². The van der Waals surface area contributed by atoms with Gasteiger partial charge in [0.25, 0.3) is 5.91 Å². The number of amides is 1. The Morgan fingerprint density at radius 3 is 2.65 bits per heavy atom. The van der Waals surface area contributed by atoms with E-state index in [0.29, 0.717) is 0 Å². The molecule has 0 spiro atoms. The van der Waals surface area contributed by atoms with Gasteiger partial charge < -0.3 is 16.0 Å². The predicted molar refractivity (Wildman–Crippen MR) is 102 cm³/mol. The van der Waals surface area contributed by atoms with Crippen LogP contribution in [-0.4, -0.2) is 53.5 Å². The number of carbonyl (C=O) groups is 1. The van der Waals surface area contributed by atoms with Crippen LogP contribution >= 0.6 is 0 Å². The van der Waals surface area contributed by atoms with Crippen molar-refractivity contribution >= 4 is 23.1 Å². The molecule has 2 heterocycles. The SMILES string of the molecule is Nc1nccnc1C(=O)Nc1cccc(N2CCN(CC3CC3)CC2)c1. The molecule has 2 fully saturated rings. The molecule has 2 aromatic rings. The zero-order valence-electron chi connectivity index (χ0n) is 14.8. The molecule has 2 aliphatic rings. The number of nitrogens with zero attached hydrogens (tertiary/aromatic N) is 4. The van der Waals surface area contributed by atoms with E-state index in [1.807, 2.05) is 18.2 Å². The van der Waals surface area contributed by atoms with E-state index in [1.54, 1.807) is 0 Å². The second-order valence-corrected chi connectivity index (χ2v) is 7.03. The third-order valence-electron chi connectivity index (χ3n) is 5.00. The van der Waals surface area contributed by atoms with E-state index >= 15 is 0 Å². The Morgan fingerprint density at radius 1 is 1.15 bits per heavy atom. The number of piperazine rings is 1. The van der Waals surface area contributed by atoms with Crippen molar-refractivity contribution in [3.05, 3.63) is 42.4 Å². The molecule has 1 aromatic heterocycles. The molecule has 0 radical (unpaired) electrons. The number of nitrogens with two attached hydrogens (primary N) is 1. The van der Waals surface area contributed by atoms with Crippen LogP contribution in [0.5, 0.6) is 0 Å². The average Bonchev–Trinajstić information content (AvgIpc) is 3.47. The normalized spacial score (nSPS) is 17.9. The van der Waals surface area contributed by atoms with E-state index in [4.69, 9.17) is 5.73 Å². The molecule has 0 atom stereocenters. The van der Waals surface area contributed by atoms with Crippen molar-refractivity contribution in [2.24, 2.45) is 5.92 Å². The van der Waals surface area contributed by atoms with Gasteiger partial charge in [-0.25, -0.2) is 9.97 Å². The molecule has 1 aliphatic heterocycles. The zero-order valence-corrected chi connectivity index (χ0v) is 14.8. The first-order chi connectivity index (χ1) is 12.7. The fourth-order valence-electron chi connectivity index (χ4n) is 3.35. The fourth-order valence-corrected chi connectivity index (χ4v) is 3.35. The summed E-state index contributed by atoms with van der Waals surface area (Å²) in [5.41, 5.74) is 7.73. The van der Waals surface area contributed by atoms with Crippen molar-refractivity contribution in [3.63, 3.8) is 0 Å². The van der Waals surface area contributed by atoms with Gasteiger partial charge in [-0.1, -0.05) is 6.07 Å². The van der Waals surface area contributed by atoms with E-state index in [9.17, 15) is 4.79 Å². The van der Waals surface area contributed by atoms with E-state index in [1.165, 1.54) is 31.8 Å². The highest BCUT2D eigenvalue weighted by molar-refractivity contribution is 6.05. The van der Waals surface area contributed by atoms with Crippen LogP contribution in [0.1, 0.15) is 23.3 Å². The van der Waals surface area contributed by atoms with Crippen LogP contribution in [0.15, 0.2) is 36.7 Å². The lowest BCUT2D eigenvalue weighted by Gasteiger charge is -2.36. The number of aromatic nitrogens is 2. The number of hydrogen-bond donors (Lipinski definition) is 2. The Morgan fingerprint density at radius 2 is 1.92 bits per heavy atom. The molecule has 7 nitrogen and oxygen atoms in total. The second-order valence-electron chi connectivity index (χ2n) is 7.03. The molecule has 136 valence electrons. The molecule has 1 saturated carbocycles. The van der Waals surface area contributed by atoms with Crippen molar-refractivity contribution < 1.29 is 4.79 Å². The van der Waals surface area contributed by atoms with Gasteiger partial charge in [0.15, 0.2) is 11.5 Å². The van der Waals surface area contributed by atoms with Gasteiger partial charge in [-0.3, -0.25) is 9.69 Å². The van der Waals surface area contributed by atoms with Gasteiger partial charge in [0.2, 0.25) is 0 Å². The molecular weight excluding hydrogens is 328 g/mol. The first-order valence-electron chi connectivity index (χ1n) is 9.14. The number of nitrogen functional groups attached to an aromatic ring is 1. The maximum Gasteiger partial charge on any atom is 0.278 e. The first-order valence-corrected chi connectivity index (χ1v) is 9.14. The largest absolute Gasteiger partial charge is 0.382 e. The van der Waals surface area contributed by atoms with Gasteiger partial charge in [-0.05, 0) is 37.0 Å². The smallest absolute Gasteiger partial charge is 0.278 e. The molecule has 1 aromatic carbocycles. The first kappa shape index (κ1) is 16.8. The molecule has 1 amide bonds. The Labute approximate surface area is 153 Å². The Kier molecular flexibility index (Phi) is 4.71. The molecule has 1 saturated heterocycles. The summed E-state index contributed by atoms with van der Waals surface area (Å²) in [4.78, 5) is 25.2. The molecule has 0 unspecified atom stereocenters. The highest BCUT2D eigenvalue weighted by Crippen LogP contribution is 2.30. The summed E-state index contributed by atoms with van der Waals surface area (Å²) < 4.78 is 0. The quantitative estimate of drug-likeness (QED) is 0.854. The molecule has 1 aliphatic carbocycles. The minimum Gasteiger partial charge on any atom is -0.382 e. The van der Waals surface area contributed by atoms with Crippen LogP contribution < -0.4 is 16.0 Å². The lowest BCUT2D eigenvalue weighted by molar-refractivity contribution is 0.102. The van der Waals surface area contributed by atoms with Gasteiger partial charge >= 0.3 is 0 Å². The van der Waals surface area contributed by atoms with Crippen LogP contribution in [0, 0.1) is 5.92 Å². The molecule has 0 bridgehead atoms. The lowest BCUT2D eigenvalue weighted by Crippen LogP contribution is -2.47.